The van der Waals surface area contributed by atoms with Crippen molar-refractivity contribution in [2.24, 2.45) is 0 Å². The summed E-state index contributed by atoms with van der Waals surface area (Å²) in [5.41, 5.74) is 1.29. The molecule has 0 aliphatic carbocycles. The van der Waals surface area contributed by atoms with Gasteiger partial charge in [-0.3, -0.25) is 4.79 Å². The van der Waals surface area contributed by atoms with Crippen LogP contribution in [0.25, 0.3) is 0 Å². The summed E-state index contributed by atoms with van der Waals surface area (Å²) in [7, 11) is -3.62. The van der Waals surface area contributed by atoms with Crippen LogP contribution in [0.4, 0.5) is 0 Å². The molecule has 0 radical (unpaired) electrons. The van der Waals surface area contributed by atoms with Crippen LogP contribution in [-0.2, 0) is 9.84 Å². The predicted molar refractivity (Wildman–Crippen MR) is 74.2 cm³/mol. The quantitative estimate of drug-likeness (QED) is 0.633. The Hall–Kier alpha value is -1.46. The number of rotatable bonds is 0. The lowest BCUT2D eigenvalue weighted by molar-refractivity contribution is 0.103. The van der Waals surface area contributed by atoms with E-state index in [1.165, 1.54) is 6.07 Å². The van der Waals surface area contributed by atoms with Gasteiger partial charge in [0.2, 0.25) is 9.84 Å². The van der Waals surface area contributed by atoms with Crippen LogP contribution in [-0.4, -0.2) is 14.2 Å². The first-order valence-electron chi connectivity index (χ1n) is 5.61. The van der Waals surface area contributed by atoms with E-state index in [-0.39, 0.29) is 26.7 Å². The molecule has 0 saturated heterocycles. The number of hydrogen-bond donors (Lipinski definition) is 0. The molecule has 0 atom stereocenters. The summed E-state index contributed by atoms with van der Waals surface area (Å²) in [5.74, 6) is -0.249. The van der Waals surface area contributed by atoms with Crippen LogP contribution in [0, 0.1) is 6.92 Å². The Morgan fingerprint density at radius 2 is 1.68 bits per heavy atom. The zero-order chi connectivity index (χ0) is 13.8. The smallest absolute Gasteiger partial charge is 0.208 e. The van der Waals surface area contributed by atoms with Gasteiger partial charge in [0.1, 0.15) is 0 Å². The van der Waals surface area contributed by atoms with Gasteiger partial charge >= 0.3 is 0 Å². The third-order valence-electron chi connectivity index (χ3n) is 3.15. The molecule has 1 heterocycles. The van der Waals surface area contributed by atoms with Crippen LogP contribution in [0.3, 0.4) is 0 Å². The van der Waals surface area contributed by atoms with E-state index in [9.17, 15) is 13.2 Å². The van der Waals surface area contributed by atoms with Crippen molar-refractivity contribution in [3.8, 4) is 0 Å². The first-order valence-corrected chi connectivity index (χ1v) is 7.89. The van der Waals surface area contributed by atoms with Gasteiger partial charge in [0.15, 0.2) is 5.78 Å². The maximum Gasteiger partial charge on any atom is 0.208 e. The fourth-order valence-corrected chi connectivity index (χ4v) is 4.29. The van der Waals surface area contributed by atoms with E-state index < -0.39 is 9.84 Å². The maximum absolute atomic E-state index is 12.5. The largest absolute Gasteiger partial charge is 0.289 e. The number of ketones is 1. The van der Waals surface area contributed by atoms with Crippen molar-refractivity contribution in [3.63, 3.8) is 0 Å². The molecule has 1 aliphatic heterocycles. The molecule has 0 spiro atoms. The highest BCUT2D eigenvalue weighted by Crippen LogP contribution is 2.35. The highest BCUT2D eigenvalue weighted by Gasteiger charge is 2.34. The normalized spacial score (nSPS) is 15.8. The summed E-state index contributed by atoms with van der Waals surface area (Å²) in [5, 5.41) is 0. The molecular weight excluding hydrogens is 328 g/mol. The number of sulfone groups is 1. The third kappa shape index (κ3) is 1.76. The van der Waals surface area contributed by atoms with Gasteiger partial charge in [-0.1, -0.05) is 22.0 Å². The topological polar surface area (TPSA) is 51.2 Å². The summed E-state index contributed by atoms with van der Waals surface area (Å²) in [4.78, 5) is 12.6. The Balaban J connectivity index is 2.43. The first-order chi connectivity index (χ1) is 8.91. The zero-order valence-corrected chi connectivity index (χ0v) is 12.4. The Kier molecular flexibility index (Phi) is 2.66. The number of carbonyl (C=O) groups is 1. The lowest BCUT2D eigenvalue weighted by atomic mass is 10.0. The van der Waals surface area contributed by atoms with Gasteiger partial charge in [-0.25, -0.2) is 8.42 Å². The predicted octanol–water partition coefficient (Wildman–Crippen LogP) is 3.13. The molecule has 3 rings (SSSR count). The number of halogens is 1. The molecule has 0 amide bonds. The molecule has 0 bridgehead atoms. The highest BCUT2D eigenvalue weighted by molar-refractivity contribution is 9.10. The first kappa shape index (κ1) is 12.6. The van der Waals surface area contributed by atoms with E-state index >= 15 is 0 Å². The number of hydrogen-bond acceptors (Lipinski definition) is 3. The van der Waals surface area contributed by atoms with Crippen molar-refractivity contribution in [1.82, 2.24) is 0 Å². The van der Waals surface area contributed by atoms with Crippen LogP contribution >= 0.6 is 15.9 Å². The van der Waals surface area contributed by atoms with Crippen LogP contribution in [0.5, 0.6) is 0 Å². The SMILES string of the molecule is Cc1ccc2c(c1)S(=O)(=O)c1ccc(Br)cc1C2=O. The minimum Gasteiger partial charge on any atom is -0.289 e. The van der Waals surface area contributed by atoms with E-state index in [1.807, 2.05) is 0 Å². The average molecular weight is 337 g/mol. The molecule has 3 nitrogen and oxygen atoms in total. The second-order valence-electron chi connectivity index (χ2n) is 4.47. The number of fused-ring (bicyclic) bond motifs is 2. The van der Waals surface area contributed by atoms with Gasteiger partial charge in [-0.2, -0.15) is 0 Å². The standard InChI is InChI=1S/C14H9BrO3S/c1-8-2-4-10-13(6-8)19(17,18)12-5-3-9(15)7-11(12)14(10)16/h2-7H,1H3. The van der Waals surface area contributed by atoms with Gasteiger partial charge in [0, 0.05) is 15.6 Å². The van der Waals surface area contributed by atoms with E-state index in [0.717, 1.165) is 5.56 Å². The molecule has 2 aromatic carbocycles. The average Bonchev–Trinajstić information content (AvgIpc) is 2.36. The third-order valence-corrected chi connectivity index (χ3v) is 5.49. The summed E-state index contributed by atoms with van der Waals surface area (Å²) in [6.07, 6.45) is 0. The monoisotopic (exact) mass is 336 g/mol. The molecule has 19 heavy (non-hydrogen) atoms. The molecular formula is C14H9BrO3S. The molecule has 0 fully saturated rings. The molecule has 0 N–H and O–H groups in total. The second kappa shape index (κ2) is 4.02. The minimum atomic E-state index is -3.62. The molecule has 0 unspecified atom stereocenters. The second-order valence-corrected chi connectivity index (χ2v) is 7.27. The van der Waals surface area contributed by atoms with E-state index in [4.69, 9.17) is 0 Å². The molecule has 5 heteroatoms. The summed E-state index contributed by atoms with van der Waals surface area (Å²) in [6.45, 7) is 1.80. The van der Waals surface area contributed by atoms with Crippen LogP contribution in [0.1, 0.15) is 21.5 Å². The zero-order valence-electron chi connectivity index (χ0n) is 9.98. The van der Waals surface area contributed by atoms with E-state index in [0.29, 0.717) is 4.47 Å². The summed E-state index contributed by atoms with van der Waals surface area (Å²) < 4.78 is 25.8. The summed E-state index contributed by atoms with van der Waals surface area (Å²) >= 11 is 3.26. The molecule has 1 aliphatic rings. The number of benzene rings is 2. The maximum atomic E-state index is 12.5. The van der Waals surface area contributed by atoms with Gasteiger partial charge in [0.05, 0.1) is 9.79 Å². The molecule has 2 aromatic rings. The molecule has 0 aromatic heterocycles. The Morgan fingerprint density at radius 3 is 2.42 bits per heavy atom. The van der Waals surface area contributed by atoms with Crippen LogP contribution in [0.15, 0.2) is 50.7 Å². The lowest BCUT2D eigenvalue weighted by Gasteiger charge is -2.19. The van der Waals surface area contributed by atoms with Crippen molar-refractivity contribution in [1.29, 1.82) is 0 Å². The highest BCUT2D eigenvalue weighted by atomic mass is 79.9. The van der Waals surface area contributed by atoms with Gasteiger partial charge in [-0.15, -0.1) is 0 Å². The molecule has 0 saturated carbocycles. The fourth-order valence-electron chi connectivity index (χ4n) is 2.22. The van der Waals surface area contributed by atoms with E-state index in [1.54, 1.807) is 37.3 Å². The van der Waals surface area contributed by atoms with E-state index in [2.05, 4.69) is 15.9 Å². The van der Waals surface area contributed by atoms with Crippen molar-refractivity contribution < 1.29 is 13.2 Å². The molecule has 96 valence electrons. The van der Waals surface area contributed by atoms with Gasteiger partial charge in [-0.05, 0) is 42.8 Å². The lowest BCUT2D eigenvalue weighted by Crippen LogP contribution is -2.20. The summed E-state index contributed by atoms with van der Waals surface area (Å²) in [6, 6.07) is 9.53. The Morgan fingerprint density at radius 1 is 0.947 bits per heavy atom. The van der Waals surface area contributed by atoms with Gasteiger partial charge < -0.3 is 0 Å². The number of carbonyl (C=O) groups excluding carboxylic acids is 1. The number of aryl methyl sites for hydroxylation is 1. The van der Waals surface area contributed by atoms with Crippen molar-refractivity contribution in [3.05, 3.63) is 57.6 Å². The van der Waals surface area contributed by atoms with Crippen molar-refractivity contribution in [2.75, 3.05) is 0 Å². The Labute approximate surface area is 119 Å². The minimum absolute atomic E-state index is 0.0822. The van der Waals surface area contributed by atoms with Crippen molar-refractivity contribution >= 4 is 31.6 Å². The van der Waals surface area contributed by atoms with Crippen LogP contribution < -0.4 is 0 Å². The van der Waals surface area contributed by atoms with Gasteiger partial charge in [0.25, 0.3) is 0 Å². The fraction of sp³-hybridized carbons (Fsp3) is 0.0714. The van der Waals surface area contributed by atoms with Crippen molar-refractivity contribution in [2.45, 2.75) is 16.7 Å². The van der Waals surface area contributed by atoms with Crippen LogP contribution in [0.2, 0.25) is 0 Å². The Bertz CT molecular complexity index is 823.